The molecule has 3 heteroatoms. The van der Waals surface area contributed by atoms with Gasteiger partial charge in [-0.25, -0.2) is 0 Å². The van der Waals surface area contributed by atoms with E-state index in [1.807, 2.05) is 0 Å². The lowest BCUT2D eigenvalue weighted by atomic mass is 9.86. The Kier molecular flexibility index (Phi) is 4.56. The lowest BCUT2D eigenvalue weighted by Crippen LogP contribution is -2.46. The van der Waals surface area contributed by atoms with Crippen LogP contribution in [-0.4, -0.2) is 44.3 Å². The highest BCUT2D eigenvalue weighted by molar-refractivity contribution is 4.88. The molecule has 0 amide bonds. The van der Waals surface area contributed by atoms with E-state index >= 15 is 0 Å². The topological polar surface area (TPSA) is 38.5 Å². The second kappa shape index (κ2) is 5.28. The standard InChI is InChI=1S/C12H26N2O/c1-10(2)11(3)14(4)8-12(7-13)5-6-15-9-12/h10-11H,5-9,13H2,1-4H3. The summed E-state index contributed by atoms with van der Waals surface area (Å²) in [5.41, 5.74) is 6.09. The van der Waals surface area contributed by atoms with E-state index in [0.29, 0.717) is 12.0 Å². The molecule has 90 valence electrons. The summed E-state index contributed by atoms with van der Waals surface area (Å²) in [5.74, 6) is 0.687. The van der Waals surface area contributed by atoms with Gasteiger partial charge in [-0.05, 0) is 26.3 Å². The zero-order valence-corrected chi connectivity index (χ0v) is 10.6. The molecule has 0 bridgehead atoms. The van der Waals surface area contributed by atoms with Crippen LogP contribution in [0.4, 0.5) is 0 Å². The molecule has 1 aliphatic heterocycles. The fraction of sp³-hybridized carbons (Fsp3) is 1.00. The molecule has 3 nitrogen and oxygen atoms in total. The molecule has 0 saturated carbocycles. The largest absolute Gasteiger partial charge is 0.381 e. The van der Waals surface area contributed by atoms with Crippen molar-refractivity contribution in [2.24, 2.45) is 17.1 Å². The molecule has 1 fully saturated rings. The van der Waals surface area contributed by atoms with Gasteiger partial charge in [0.2, 0.25) is 0 Å². The first kappa shape index (κ1) is 12.9. The molecule has 1 heterocycles. The third kappa shape index (κ3) is 3.16. The number of hydrogen-bond acceptors (Lipinski definition) is 3. The smallest absolute Gasteiger partial charge is 0.0547 e. The second-order valence-corrected chi connectivity index (χ2v) is 5.41. The predicted octanol–water partition coefficient (Wildman–Crippen LogP) is 1.33. The molecule has 15 heavy (non-hydrogen) atoms. The van der Waals surface area contributed by atoms with Crippen molar-refractivity contribution in [3.8, 4) is 0 Å². The van der Waals surface area contributed by atoms with Crippen molar-refractivity contribution >= 4 is 0 Å². The molecule has 0 aromatic carbocycles. The van der Waals surface area contributed by atoms with Crippen LogP contribution < -0.4 is 5.73 Å². The fourth-order valence-corrected chi connectivity index (χ4v) is 2.18. The lowest BCUT2D eigenvalue weighted by Gasteiger charge is -2.36. The van der Waals surface area contributed by atoms with Crippen LogP contribution in [0.15, 0.2) is 0 Å². The SMILES string of the molecule is CC(C)C(C)N(C)CC1(CN)CCOC1. The van der Waals surface area contributed by atoms with Gasteiger partial charge in [-0.3, -0.25) is 0 Å². The maximum atomic E-state index is 5.89. The van der Waals surface area contributed by atoms with Gasteiger partial charge in [-0.2, -0.15) is 0 Å². The van der Waals surface area contributed by atoms with Crippen LogP contribution in [0.5, 0.6) is 0 Å². The van der Waals surface area contributed by atoms with Gasteiger partial charge in [-0.1, -0.05) is 13.8 Å². The first-order valence-electron chi connectivity index (χ1n) is 5.99. The van der Waals surface area contributed by atoms with Gasteiger partial charge in [0.15, 0.2) is 0 Å². The molecular weight excluding hydrogens is 188 g/mol. The van der Waals surface area contributed by atoms with Crippen molar-refractivity contribution in [3.05, 3.63) is 0 Å². The van der Waals surface area contributed by atoms with E-state index in [1.54, 1.807) is 0 Å². The summed E-state index contributed by atoms with van der Waals surface area (Å²) in [7, 11) is 2.19. The molecule has 0 aliphatic carbocycles. The summed E-state index contributed by atoms with van der Waals surface area (Å²) in [4.78, 5) is 2.42. The van der Waals surface area contributed by atoms with Gasteiger partial charge >= 0.3 is 0 Å². The highest BCUT2D eigenvalue weighted by Crippen LogP contribution is 2.29. The van der Waals surface area contributed by atoms with Crippen LogP contribution >= 0.6 is 0 Å². The quantitative estimate of drug-likeness (QED) is 0.750. The van der Waals surface area contributed by atoms with Crippen molar-refractivity contribution in [1.82, 2.24) is 4.90 Å². The molecule has 2 N–H and O–H groups in total. The van der Waals surface area contributed by atoms with Crippen LogP contribution in [0.3, 0.4) is 0 Å². The first-order valence-corrected chi connectivity index (χ1v) is 5.99. The zero-order chi connectivity index (χ0) is 11.5. The van der Waals surface area contributed by atoms with E-state index in [0.717, 1.165) is 32.7 Å². The molecule has 0 radical (unpaired) electrons. The van der Waals surface area contributed by atoms with Gasteiger partial charge in [0.25, 0.3) is 0 Å². The van der Waals surface area contributed by atoms with Crippen LogP contribution in [0.1, 0.15) is 27.2 Å². The van der Waals surface area contributed by atoms with E-state index in [2.05, 4.69) is 32.7 Å². The van der Waals surface area contributed by atoms with Gasteiger partial charge < -0.3 is 15.4 Å². The number of rotatable bonds is 5. The lowest BCUT2D eigenvalue weighted by molar-refractivity contribution is 0.0986. The van der Waals surface area contributed by atoms with Crippen LogP contribution in [0.25, 0.3) is 0 Å². The minimum atomic E-state index is 0.206. The Morgan fingerprint density at radius 2 is 2.07 bits per heavy atom. The van der Waals surface area contributed by atoms with Gasteiger partial charge in [0, 0.05) is 31.2 Å². The van der Waals surface area contributed by atoms with Gasteiger partial charge in [-0.15, -0.1) is 0 Å². The predicted molar refractivity (Wildman–Crippen MR) is 63.9 cm³/mol. The second-order valence-electron chi connectivity index (χ2n) is 5.41. The van der Waals surface area contributed by atoms with Crippen molar-refractivity contribution in [2.45, 2.75) is 33.2 Å². The average Bonchev–Trinajstić information content (AvgIpc) is 2.65. The molecule has 2 atom stereocenters. The fourth-order valence-electron chi connectivity index (χ4n) is 2.18. The van der Waals surface area contributed by atoms with Crippen molar-refractivity contribution in [3.63, 3.8) is 0 Å². The molecule has 2 unspecified atom stereocenters. The van der Waals surface area contributed by atoms with Crippen LogP contribution in [-0.2, 0) is 4.74 Å². The maximum Gasteiger partial charge on any atom is 0.0547 e. The molecule has 0 spiro atoms. The van der Waals surface area contributed by atoms with Crippen LogP contribution in [0.2, 0.25) is 0 Å². The highest BCUT2D eigenvalue weighted by Gasteiger charge is 2.35. The Labute approximate surface area is 94.0 Å². The van der Waals surface area contributed by atoms with E-state index in [1.165, 1.54) is 0 Å². The number of nitrogens with zero attached hydrogens (tertiary/aromatic N) is 1. The van der Waals surface area contributed by atoms with E-state index in [9.17, 15) is 0 Å². The highest BCUT2D eigenvalue weighted by atomic mass is 16.5. The Balaban J connectivity index is 2.51. The normalized spacial score (nSPS) is 29.0. The van der Waals surface area contributed by atoms with Crippen molar-refractivity contribution in [2.75, 3.05) is 33.4 Å². The summed E-state index contributed by atoms with van der Waals surface area (Å²) in [5, 5.41) is 0. The molecule has 0 aromatic heterocycles. The molecule has 1 rings (SSSR count). The van der Waals surface area contributed by atoms with Gasteiger partial charge in [0.1, 0.15) is 0 Å². The number of ether oxygens (including phenoxy) is 1. The number of hydrogen-bond donors (Lipinski definition) is 1. The van der Waals surface area contributed by atoms with Crippen molar-refractivity contribution in [1.29, 1.82) is 0 Å². The summed E-state index contributed by atoms with van der Waals surface area (Å²) in [6, 6.07) is 0.606. The summed E-state index contributed by atoms with van der Waals surface area (Å²) >= 11 is 0. The van der Waals surface area contributed by atoms with Crippen molar-refractivity contribution < 1.29 is 4.74 Å². The Morgan fingerprint density at radius 1 is 1.40 bits per heavy atom. The number of nitrogens with two attached hydrogens (primary N) is 1. The summed E-state index contributed by atoms with van der Waals surface area (Å²) < 4.78 is 5.49. The Morgan fingerprint density at radius 3 is 2.47 bits per heavy atom. The summed E-state index contributed by atoms with van der Waals surface area (Å²) in [6.45, 7) is 10.3. The third-order valence-corrected chi connectivity index (χ3v) is 3.86. The van der Waals surface area contributed by atoms with E-state index in [-0.39, 0.29) is 5.41 Å². The minimum Gasteiger partial charge on any atom is -0.381 e. The van der Waals surface area contributed by atoms with Crippen LogP contribution in [0, 0.1) is 11.3 Å². The molecule has 0 aromatic rings. The Hall–Kier alpha value is -0.120. The average molecular weight is 214 g/mol. The molecule has 1 saturated heterocycles. The van der Waals surface area contributed by atoms with Gasteiger partial charge in [0.05, 0.1) is 6.61 Å². The molecular formula is C12H26N2O. The zero-order valence-electron chi connectivity index (χ0n) is 10.6. The minimum absolute atomic E-state index is 0.206. The molecule has 1 aliphatic rings. The van der Waals surface area contributed by atoms with E-state index in [4.69, 9.17) is 10.5 Å². The monoisotopic (exact) mass is 214 g/mol. The summed E-state index contributed by atoms with van der Waals surface area (Å²) in [6.07, 6.45) is 1.11. The first-order chi connectivity index (χ1) is 7.01. The maximum absolute atomic E-state index is 5.89. The Bertz CT molecular complexity index is 188. The van der Waals surface area contributed by atoms with E-state index < -0.39 is 0 Å². The third-order valence-electron chi connectivity index (χ3n) is 3.86.